The maximum Gasteiger partial charge on any atom is 0.418 e. The molecule has 0 fully saturated rings. The van der Waals surface area contributed by atoms with Crippen LogP contribution in [0.3, 0.4) is 0 Å². The molecule has 2 aromatic rings. The molecule has 2 rings (SSSR count). The summed E-state index contributed by atoms with van der Waals surface area (Å²) in [6.07, 6.45) is -4.45. The van der Waals surface area contributed by atoms with Crippen LogP contribution in [-0.2, 0) is 12.7 Å². The number of rotatable bonds is 3. The van der Waals surface area contributed by atoms with Gasteiger partial charge < -0.3 is 10.6 Å². The van der Waals surface area contributed by atoms with Crippen molar-refractivity contribution in [2.75, 3.05) is 10.6 Å². The maximum absolute atomic E-state index is 13.0. The largest absolute Gasteiger partial charge is 0.418 e. The molecule has 124 valence electrons. The van der Waals surface area contributed by atoms with E-state index >= 15 is 0 Å². The zero-order valence-electron chi connectivity index (χ0n) is 13.0. The van der Waals surface area contributed by atoms with Crippen LogP contribution in [0.15, 0.2) is 24.3 Å². The van der Waals surface area contributed by atoms with Crippen molar-refractivity contribution in [3.05, 3.63) is 41.2 Å². The molecule has 23 heavy (non-hydrogen) atoms. The van der Waals surface area contributed by atoms with Crippen LogP contribution in [0.25, 0.3) is 0 Å². The normalized spacial score (nSPS) is 11.4. The van der Waals surface area contributed by atoms with E-state index in [1.807, 2.05) is 20.8 Å². The van der Waals surface area contributed by atoms with Crippen molar-refractivity contribution in [1.29, 1.82) is 0 Å². The van der Waals surface area contributed by atoms with Gasteiger partial charge in [-0.3, -0.25) is 4.68 Å². The maximum atomic E-state index is 13.0. The minimum atomic E-state index is -4.45. The molecule has 0 unspecified atom stereocenters. The molecule has 0 saturated heterocycles. The highest BCUT2D eigenvalue weighted by molar-refractivity contribution is 7.80. The first kappa shape index (κ1) is 17.3. The number of anilines is 2. The second-order valence-electron chi connectivity index (χ2n) is 4.98. The zero-order chi connectivity index (χ0) is 17.2. The standard InChI is InChI=1S/C15H17F3N4S/c1-4-22-10(3)13(9(2)21-22)20-14(23)19-12-8-6-5-7-11(12)15(16,17)18/h5-8H,4H2,1-3H3,(H2,19,20,23). The summed E-state index contributed by atoms with van der Waals surface area (Å²) in [6, 6.07) is 5.21. The van der Waals surface area contributed by atoms with Gasteiger partial charge in [-0.1, -0.05) is 12.1 Å². The Kier molecular flexibility index (Phi) is 4.93. The summed E-state index contributed by atoms with van der Waals surface area (Å²) in [4.78, 5) is 0. The fourth-order valence-corrected chi connectivity index (χ4v) is 2.50. The summed E-state index contributed by atoms with van der Waals surface area (Å²) in [5.41, 5.74) is 1.46. The molecule has 0 aliphatic carbocycles. The van der Waals surface area contributed by atoms with E-state index in [4.69, 9.17) is 12.2 Å². The third-order valence-electron chi connectivity index (χ3n) is 3.40. The van der Waals surface area contributed by atoms with E-state index in [-0.39, 0.29) is 10.8 Å². The predicted octanol–water partition coefficient (Wildman–Crippen LogP) is 4.35. The first-order valence-corrected chi connectivity index (χ1v) is 7.43. The fourth-order valence-electron chi connectivity index (χ4n) is 2.29. The van der Waals surface area contributed by atoms with Gasteiger partial charge in [-0.25, -0.2) is 0 Å². The molecule has 8 heteroatoms. The van der Waals surface area contributed by atoms with E-state index in [9.17, 15) is 13.2 Å². The van der Waals surface area contributed by atoms with E-state index in [1.54, 1.807) is 4.68 Å². The highest BCUT2D eigenvalue weighted by Crippen LogP contribution is 2.34. The predicted molar refractivity (Wildman–Crippen MR) is 88.7 cm³/mol. The molecule has 0 aliphatic rings. The second-order valence-corrected chi connectivity index (χ2v) is 5.39. The van der Waals surface area contributed by atoms with Crippen molar-refractivity contribution in [2.24, 2.45) is 0 Å². The number of benzene rings is 1. The minimum absolute atomic E-state index is 0.0866. The summed E-state index contributed by atoms with van der Waals surface area (Å²) < 4.78 is 40.8. The van der Waals surface area contributed by atoms with Gasteiger partial charge in [0, 0.05) is 6.54 Å². The van der Waals surface area contributed by atoms with Gasteiger partial charge in [0.25, 0.3) is 0 Å². The molecule has 0 atom stereocenters. The van der Waals surface area contributed by atoms with Crippen LogP contribution in [0.2, 0.25) is 0 Å². The smallest absolute Gasteiger partial charge is 0.332 e. The summed E-state index contributed by atoms with van der Waals surface area (Å²) in [5, 5.41) is 9.96. The third kappa shape index (κ3) is 3.82. The first-order valence-electron chi connectivity index (χ1n) is 7.02. The molecule has 1 aromatic carbocycles. The number of nitrogens with zero attached hydrogens (tertiary/aromatic N) is 2. The third-order valence-corrected chi connectivity index (χ3v) is 3.60. The topological polar surface area (TPSA) is 41.9 Å². The lowest BCUT2D eigenvalue weighted by Crippen LogP contribution is -2.22. The molecule has 0 spiro atoms. The minimum Gasteiger partial charge on any atom is -0.332 e. The molecule has 4 nitrogen and oxygen atoms in total. The lowest BCUT2D eigenvalue weighted by Gasteiger charge is -2.16. The number of hydrogen-bond donors (Lipinski definition) is 2. The molecule has 0 saturated carbocycles. The molecule has 0 aliphatic heterocycles. The van der Waals surface area contributed by atoms with E-state index in [1.165, 1.54) is 18.2 Å². The SMILES string of the molecule is CCn1nc(C)c(NC(=S)Nc2ccccc2C(F)(F)F)c1C. The highest BCUT2D eigenvalue weighted by Gasteiger charge is 2.33. The Morgan fingerprint density at radius 1 is 1.22 bits per heavy atom. The van der Waals surface area contributed by atoms with Gasteiger partial charge in [-0.05, 0) is 45.1 Å². The average molecular weight is 342 g/mol. The summed E-state index contributed by atoms with van der Waals surface area (Å²) in [7, 11) is 0. The molecule has 1 aromatic heterocycles. The van der Waals surface area contributed by atoms with Gasteiger partial charge in [0.2, 0.25) is 0 Å². The molecule has 1 heterocycles. The average Bonchev–Trinajstić information content (AvgIpc) is 2.74. The molecular weight excluding hydrogens is 325 g/mol. The number of halogens is 3. The zero-order valence-corrected chi connectivity index (χ0v) is 13.8. The second kappa shape index (κ2) is 6.57. The van der Waals surface area contributed by atoms with Crippen LogP contribution < -0.4 is 10.6 Å². The van der Waals surface area contributed by atoms with Gasteiger partial charge in [0.15, 0.2) is 5.11 Å². The highest BCUT2D eigenvalue weighted by atomic mass is 32.1. The van der Waals surface area contributed by atoms with Crippen LogP contribution in [0, 0.1) is 13.8 Å². The Labute approximate surface area is 137 Å². The molecule has 0 radical (unpaired) electrons. The Morgan fingerprint density at radius 3 is 2.43 bits per heavy atom. The lowest BCUT2D eigenvalue weighted by atomic mass is 10.1. The van der Waals surface area contributed by atoms with Gasteiger partial charge >= 0.3 is 6.18 Å². The van der Waals surface area contributed by atoms with Gasteiger partial charge in [-0.2, -0.15) is 18.3 Å². The van der Waals surface area contributed by atoms with Crippen LogP contribution in [0.5, 0.6) is 0 Å². The van der Waals surface area contributed by atoms with Crippen molar-refractivity contribution in [3.8, 4) is 0 Å². The Hall–Kier alpha value is -2.09. The van der Waals surface area contributed by atoms with Crippen molar-refractivity contribution < 1.29 is 13.2 Å². The van der Waals surface area contributed by atoms with Crippen molar-refractivity contribution in [3.63, 3.8) is 0 Å². The van der Waals surface area contributed by atoms with E-state index in [0.717, 1.165) is 17.5 Å². The molecular formula is C15H17F3N4S. The van der Waals surface area contributed by atoms with Crippen molar-refractivity contribution >= 4 is 28.7 Å². The number of nitrogens with one attached hydrogen (secondary N) is 2. The summed E-state index contributed by atoms with van der Waals surface area (Å²) in [6.45, 7) is 6.34. The van der Waals surface area contributed by atoms with Crippen molar-refractivity contribution in [2.45, 2.75) is 33.5 Å². The molecule has 0 bridgehead atoms. The van der Waals surface area contributed by atoms with E-state index < -0.39 is 11.7 Å². The van der Waals surface area contributed by atoms with Gasteiger partial charge in [0.1, 0.15) is 0 Å². The quantitative estimate of drug-likeness (QED) is 0.814. The summed E-state index contributed by atoms with van der Waals surface area (Å²) >= 11 is 5.14. The number of hydrogen-bond acceptors (Lipinski definition) is 2. The Bertz CT molecular complexity index is 722. The van der Waals surface area contributed by atoms with E-state index in [0.29, 0.717) is 12.2 Å². The fraction of sp³-hybridized carbons (Fsp3) is 0.333. The lowest BCUT2D eigenvalue weighted by molar-refractivity contribution is -0.136. The van der Waals surface area contributed by atoms with Crippen LogP contribution in [-0.4, -0.2) is 14.9 Å². The van der Waals surface area contributed by atoms with Crippen LogP contribution >= 0.6 is 12.2 Å². The van der Waals surface area contributed by atoms with Crippen LogP contribution in [0.4, 0.5) is 24.5 Å². The number of alkyl halides is 3. The monoisotopic (exact) mass is 342 g/mol. The number of para-hydroxylation sites is 1. The number of aromatic nitrogens is 2. The molecule has 0 amide bonds. The molecule has 2 N–H and O–H groups in total. The summed E-state index contributed by atoms with van der Waals surface area (Å²) in [5.74, 6) is 0. The van der Waals surface area contributed by atoms with Crippen LogP contribution in [0.1, 0.15) is 23.9 Å². The first-order chi connectivity index (χ1) is 10.7. The van der Waals surface area contributed by atoms with Gasteiger partial charge in [-0.15, -0.1) is 0 Å². The van der Waals surface area contributed by atoms with Crippen molar-refractivity contribution in [1.82, 2.24) is 9.78 Å². The van der Waals surface area contributed by atoms with E-state index in [2.05, 4.69) is 15.7 Å². The number of aryl methyl sites for hydroxylation is 2. The number of thiocarbonyl (C=S) groups is 1. The Balaban J connectivity index is 2.20. The Morgan fingerprint density at radius 2 is 1.87 bits per heavy atom. The van der Waals surface area contributed by atoms with Gasteiger partial charge in [0.05, 0.1) is 28.3 Å².